The normalized spacial score (nSPS) is 21.2. The van der Waals surface area contributed by atoms with Crippen molar-refractivity contribution in [3.63, 3.8) is 0 Å². The van der Waals surface area contributed by atoms with Crippen LogP contribution in [0.2, 0.25) is 0 Å². The maximum Gasteiger partial charge on any atom is 0.139 e. The van der Waals surface area contributed by atoms with Crippen LogP contribution < -0.4 is 0 Å². The van der Waals surface area contributed by atoms with E-state index in [1.165, 1.54) is 44.9 Å². The highest BCUT2D eigenvalue weighted by atomic mass is 19.1. The molecule has 0 aromatic heterocycles. The van der Waals surface area contributed by atoms with Gasteiger partial charge in [0.1, 0.15) is 5.82 Å². The first-order valence-corrected chi connectivity index (χ1v) is 9.19. The lowest BCUT2D eigenvalue weighted by Crippen LogP contribution is -2.12. The number of rotatable bonds is 5. The van der Waals surface area contributed by atoms with Crippen molar-refractivity contribution < 1.29 is 4.39 Å². The minimum absolute atomic E-state index is 0.207. The Morgan fingerprint density at radius 1 is 1.17 bits per heavy atom. The molecule has 1 aromatic rings. The van der Waals surface area contributed by atoms with Gasteiger partial charge in [0.2, 0.25) is 0 Å². The summed E-state index contributed by atoms with van der Waals surface area (Å²) in [5, 5.41) is 0. The molecule has 1 aliphatic carbocycles. The van der Waals surface area contributed by atoms with Crippen LogP contribution in [0.4, 0.5) is 4.39 Å². The van der Waals surface area contributed by atoms with E-state index >= 15 is 0 Å². The molecular formula is C22H29F. The molecule has 2 rings (SSSR count). The van der Waals surface area contributed by atoms with Crippen LogP contribution in [-0.2, 0) is 6.42 Å². The quantitative estimate of drug-likeness (QED) is 0.560. The summed E-state index contributed by atoms with van der Waals surface area (Å²) in [6, 6.07) is 5.33. The first-order valence-electron chi connectivity index (χ1n) is 9.19. The summed E-state index contributed by atoms with van der Waals surface area (Å²) in [6.45, 7) is 4.30. The minimum atomic E-state index is -0.207. The van der Waals surface area contributed by atoms with E-state index in [1.54, 1.807) is 12.1 Å². The van der Waals surface area contributed by atoms with Gasteiger partial charge < -0.3 is 0 Å². The number of unbranched alkanes of at least 4 members (excludes halogenated alkanes) is 1. The van der Waals surface area contributed by atoms with Crippen molar-refractivity contribution in [2.24, 2.45) is 11.8 Å². The topological polar surface area (TPSA) is 0 Å². The van der Waals surface area contributed by atoms with Crippen molar-refractivity contribution in [3.8, 4) is 11.8 Å². The van der Waals surface area contributed by atoms with Gasteiger partial charge in [0.15, 0.2) is 0 Å². The SMILES string of the molecule is CCCCC1CCC(/C=C/C#Cc2ccc(CC)cc2F)CC1. The van der Waals surface area contributed by atoms with Crippen LogP contribution in [0.3, 0.4) is 0 Å². The fourth-order valence-electron chi connectivity index (χ4n) is 3.35. The van der Waals surface area contributed by atoms with Gasteiger partial charge in [-0.05, 0) is 67.7 Å². The maximum atomic E-state index is 13.8. The highest BCUT2D eigenvalue weighted by Gasteiger charge is 2.18. The second-order valence-electron chi connectivity index (χ2n) is 6.72. The lowest BCUT2D eigenvalue weighted by atomic mass is 9.80. The van der Waals surface area contributed by atoms with E-state index < -0.39 is 0 Å². The molecule has 1 aromatic carbocycles. The summed E-state index contributed by atoms with van der Waals surface area (Å²) in [5.74, 6) is 7.33. The summed E-state index contributed by atoms with van der Waals surface area (Å²) in [4.78, 5) is 0. The van der Waals surface area contributed by atoms with Gasteiger partial charge in [-0.3, -0.25) is 0 Å². The van der Waals surface area contributed by atoms with Crippen LogP contribution in [0.15, 0.2) is 30.4 Å². The van der Waals surface area contributed by atoms with Crippen LogP contribution in [-0.4, -0.2) is 0 Å². The fraction of sp³-hybridized carbons (Fsp3) is 0.545. The van der Waals surface area contributed by atoms with Crippen molar-refractivity contribution in [1.29, 1.82) is 0 Å². The van der Waals surface area contributed by atoms with Crippen molar-refractivity contribution in [2.45, 2.75) is 65.2 Å². The van der Waals surface area contributed by atoms with E-state index in [0.29, 0.717) is 11.5 Å². The lowest BCUT2D eigenvalue weighted by molar-refractivity contribution is 0.291. The smallest absolute Gasteiger partial charge is 0.139 e. The number of benzene rings is 1. The Labute approximate surface area is 141 Å². The fourth-order valence-corrected chi connectivity index (χ4v) is 3.35. The Morgan fingerprint density at radius 2 is 1.96 bits per heavy atom. The standard InChI is InChI=1S/C22H29F/c1-3-5-8-19-11-13-20(14-12-19)9-6-7-10-21-16-15-18(4-2)17-22(21)23/h6,9,15-17,19-20H,3-5,8,11-14H2,1-2H3/b9-6+. The molecule has 1 aliphatic rings. The molecule has 0 nitrogen and oxygen atoms in total. The van der Waals surface area contributed by atoms with Gasteiger partial charge in [0, 0.05) is 0 Å². The Kier molecular flexibility index (Phi) is 7.40. The molecule has 0 heterocycles. The summed E-state index contributed by atoms with van der Waals surface area (Å²) < 4.78 is 13.8. The average molecular weight is 312 g/mol. The van der Waals surface area contributed by atoms with E-state index in [1.807, 2.05) is 19.1 Å². The van der Waals surface area contributed by atoms with Crippen LogP contribution in [0.1, 0.15) is 69.9 Å². The number of hydrogen-bond donors (Lipinski definition) is 0. The number of aryl methyl sites for hydroxylation is 1. The van der Waals surface area contributed by atoms with Gasteiger partial charge in [-0.2, -0.15) is 0 Å². The van der Waals surface area contributed by atoms with Crippen LogP contribution >= 0.6 is 0 Å². The third-order valence-electron chi connectivity index (χ3n) is 4.96. The van der Waals surface area contributed by atoms with Crippen LogP contribution in [0, 0.1) is 29.5 Å². The van der Waals surface area contributed by atoms with Gasteiger partial charge in [-0.25, -0.2) is 4.39 Å². The molecule has 0 N–H and O–H groups in total. The maximum absolute atomic E-state index is 13.8. The summed E-state index contributed by atoms with van der Waals surface area (Å²) >= 11 is 0. The van der Waals surface area contributed by atoms with Gasteiger partial charge in [-0.1, -0.05) is 57.1 Å². The summed E-state index contributed by atoms with van der Waals surface area (Å²) in [7, 11) is 0. The predicted octanol–water partition coefficient (Wildman–Crippen LogP) is 6.29. The molecule has 1 saturated carbocycles. The zero-order valence-corrected chi connectivity index (χ0v) is 14.6. The molecule has 0 aliphatic heterocycles. The van der Waals surface area contributed by atoms with Gasteiger partial charge in [0.05, 0.1) is 5.56 Å². The first kappa shape index (κ1) is 17.8. The van der Waals surface area contributed by atoms with Crippen LogP contribution in [0.5, 0.6) is 0 Å². The molecule has 1 fully saturated rings. The first-order chi connectivity index (χ1) is 11.2. The third kappa shape index (κ3) is 5.87. The van der Waals surface area contributed by atoms with E-state index in [-0.39, 0.29) is 5.82 Å². The number of allylic oxidation sites excluding steroid dienone is 2. The van der Waals surface area contributed by atoms with E-state index in [0.717, 1.165) is 17.9 Å². The predicted molar refractivity (Wildman–Crippen MR) is 96.8 cm³/mol. The molecule has 1 heteroatoms. The molecule has 124 valence electrons. The highest BCUT2D eigenvalue weighted by Crippen LogP contribution is 2.32. The number of halogens is 1. The molecule has 23 heavy (non-hydrogen) atoms. The van der Waals surface area contributed by atoms with Crippen molar-refractivity contribution >= 4 is 0 Å². The zero-order valence-electron chi connectivity index (χ0n) is 14.6. The Morgan fingerprint density at radius 3 is 2.61 bits per heavy atom. The number of hydrogen-bond acceptors (Lipinski definition) is 0. The molecule has 0 bridgehead atoms. The Balaban J connectivity index is 1.82. The van der Waals surface area contributed by atoms with Crippen molar-refractivity contribution in [1.82, 2.24) is 0 Å². The molecule has 0 spiro atoms. The highest BCUT2D eigenvalue weighted by molar-refractivity contribution is 5.39. The Hall–Kier alpha value is -1.55. The van der Waals surface area contributed by atoms with E-state index in [4.69, 9.17) is 0 Å². The summed E-state index contributed by atoms with van der Waals surface area (Å²) in [6.07, 6.45) is 14.4. The van der Waals surface area contributed by atoms with Crippen LogP contribution in [0.25, 0.3) is 0 Å². The Bertz CT molecular complexity index is 565. The molecule has 0 unspecified atom stereocenters. The molecular weight excluding hydrogens is 283 g/mol. The second kappa shape index (κ2) is 9.56. The van der Waals surface area contributed by atoms with Crippen molar-refractivity contribution in [2.75, 3.05) is 0 Å². The molecule has 0 saturated heterocycles. The zero-order chi connectivity index (χ0) is 16.5. The molecule has 0 atom stereocenters. The van der Waals surface area contributed by atoms with Crippen molar-refractivity contribution in [3.05, 3.63) is 47.3 Å². The third-order valence-corrected chi connectivity index (χ3v) is 4.96. The van der Waals surface area contributed by atoms with Gasteiger partial charge >= 0.3 is 0 Å². The summed E-state index contributed by atoms with van der Waals surface area (Å²) in [5.41, 5.74) is 1.51. The molecule has 0 radical (unpaired) electrons. The minimum Gasteiger partial charge on any atom is -0.206 e. The lowest BCUT2D eigenvalue weighted by Gasteiger charge is -2.26. The second-order valence-corrected chi connectivity index (χ2v) is 6.72. The average Bonchev–Trinajstić information content (AvgIpc) is 2.59. The molecule has 0 amide bonds. The largest absolute Gasteiger partial charge is 0.206 e. The van der Waals surface area contributed by atoms with Gasteiger partial charge in [-0.15, -0.1) is 0 Å². The van der Waals surface area contributed by atoms with E-state index in [2.05, 4.69) is 24.8 Å². The van der Waals surface area contributed by atoms with Gasteiger partial charge in [0.25, 0.3) is 0 Å². The monoisotopic (exact) mass is 312 g/mol. The van der Waals surface area contributed by atoms with E-state index in [9.17, 15) is 4.39 Å².